The summed E-state index contributed by atoms with van der Waals surface area (Å²) >= 11 is 0. The van der Waals surface area contributed by atoms with E-state index in [0.29, 0.717) is 17.7 Å². The van der Waals surface area contributed by atoms with Gasteiger partial charge in [-0.25, -0.2) is 4.79 Å². The fourth-order valence-corrected chi connectivity index (χ4v) is 1.57. The van der Waals surface area contributed by atoms with Crippen LogP contribution in [0, 0.1) is 5.92 Å². The Bertz CT molecular complexity index is 428. The van der Waals surface area contributed by atoms with Crippen LogP contribution in [0.1, 0.15) is 23.7 Å². The minimum Gasteiger partial charge on any atom is -0.465 e. The van der Waals surface area contributed by atoms with Crippen molar-refractivity contribution in [2.45, 2.75) is 13.3 Å². The number of benzene rings is 1. The summed E-state index contributed by atoms with van der Waals surface area (Å²) < 4.78 is 4.66. The Morgan fingerprint density at radius 1 is 1.39 bits per heavy atom. The second-order valence-electron chi connectivity index (χ2n) is 3.87. The lowest BCUT2D eigenvalue weighted by Crippen LogP contribution is -2.29. The number of carbonyl (C=O) groups is 2. The Balaban J connectivity index is 2.90. The second kappa shape index (κ2) is 6.76. The van der Waals surface area contributed by atoms with Crippen LogP contribution >= 0.6 is 0 Å². The first-order chi connectivity index (χ1) is 8.63. The molecule has 0 saturated heterocycles. The van der Waals surface area contributed by atoms with E-state index >= 15 is 0 Å². The van der Waals surface area contributed by atoms with E-state index in [1.165, 1.54) is 7.11 Å². The number of nitrogens with two attached hydrogens (primary N) is 1. The summed E-state index contributed by atoms with van der Waals surface area (Å²) in [5.74, 6) is -0.918. The molecule has 0 aromatic heterocycles. The summed E-state index contributed by atoms with van der Waals surface area (Å²) in [6, 6.07) is 6.71. The van der Waals surface area contributed by atoms with Gasteiger partial charge < -0.3 is 15.8 Å². The fraction of sp³-hybridized carbons (Fsp3) is 0.385. The predicted octanol–water partition coefficient (Wildman–Crippen LogP) is 1.40. The van der Waals surface area contributed by atoms with Crippen molar-refractivity contribution < 1.29 is 14.3 Å². The Hall–Kier alpha value is -1.88. The molecule has 0 spiro atoms. The molecule has 0 bridgehead atoms. The van der Waals surface area contributed by atoms with E-state index in [0.717, 1.165) is 0 Å². The zero-order valence-electron chi connectivity index (χ0n) is 10.6. The van der Waals surface area contributed by atoms with Gasteiger partial charge in [-0.05, 0) is 18.6 Å². The quantitative estimate of drug-likeness (QED) is 0.774. The maximum Gasteiger partial charge on any atom is 0.339 e. The van der Waals surface area contributed by atoms with Crippen molar-refractivity contribution >= 4 is 17.6 Å². The van der Waals surface area contributed by atoms with Gasteiger partial charge in [0.2, 0.25) is 5.91 Å². The Morgan fingerprint density at radius 2 is 2.06 bits per heavy atom. The maximum atomic E-state index is 11.9. The van der Waals surface area contributed by atoms with Gasteiger partial charge in [0.1, 0.15) is 0 Å². The van der Waals surface area contributed by atoms with Gasteiger partial charge in [0.15, 0.2) is 0 Å². The molecule has 0 aliphatic heterocycles. The summed E-state index contributed by atoms with van der Waals surface area (Å²) in [5, 5.41) is 2.71. The summed E-state index contributed by atoms with van der Waals surface area (Å²) in [6.45, 7) is 2.17. The molecule has 0 radical (unpaired) electrons. The molecule has 0 aliphatic rings. The third kappa shape index (κ3) is 3.30. The van der Waals surface area contributed by atoms with Gasteiger partial charge >= 0.3 is 5.97 Å². The van der Waals surface area contributed by atoms with Crippen LogP contribution in [-0.4, -0.2) is 25.5 Å². The lowest BCUT2D eigenvalue weighted by molar-refractivity contribution is -0.119. The largest absolute Gasteiger partial charge is 0.465 e. The summed E-state index contributed by atoms with van der Waals surface area (Å²) in [4.78, 5) is 23.4. The number of rotatable bonds is 5. The van der Waals surface area contributed by atoms with Gasteiger partial charge in [-0.2, -0.15) is 0 Å². The first-order valence-electron chi connectivity index (χ1n) is 5.82. The molecule has 0 fully saturated rings. The molecule has 1 amide bonds. The summed E-state index contributed by atoms with van der Waals surface area (Å²) in [5.41, 5.74) is 6.29. The normalized spacial score (nSPS) is 11.7. The third-order valence-corrected chi connectivity index (χ3v) is 2.74. The molecule has 18 heavy (non-hydrogen) atoms. The number of hydrogen-bond donors (Lipinski definition) is 2. The number of esters is 1. The van der Waals surface area contributed by atoms with Crippen LogP contribution in [0.25, 0.3) is 0 Å². The molecule has 5 heteroatoms. The minimum absolute atomic E-state index is 0.184. The number of ether oxygens (including phenoxy) is 1. The van der Waals surface area contributed by atoms with Crippen molar-refractivity contribution in [1.29, 1.82) is 0 Å². The number of methoxy groups -OCH3 is 1. The van der Waals surface area contributed by atoms with Gasteiger partial charge in [-0.1, -0.05) is 19.1 Å². The molecular weight excluding hydrogens is 232 g/mol. The number of hydrogen-bond acceptors (Lipinski definition) is 4. The van der Waals surface area contributed by atoms with Crippen molar-refractivity contribution in [2.24, 2.45) is 11.7 Å². The van der Waals surface area contributed by atoms with E-state index in [1.807, 2.05) is 6.92 Å². The zero-order chi connectivity index (χ0) is 13.5. The van der Waals surface area contributed by atoms with Crippen molar-refractivity contribution in [1.82, 2.24) is 0 Å². The fourth-order valence-electron chi connectivity index (χ4n) is 1.57. The summed E-state index contributed by atoms with van der Waals surface area (Å²) in [6.07, 6.45) is 0.655. The highest BCUT2D eigenvalue weighted by molar-refractivity contribution is 6.01. The van der Waals surface area contributed by atoms with E-state index in [-0.39, 0.29) is 18.4 Å². The molecule has 1 atom stereocenters. The Morgan fingerprint density at radius 3 is 2.61 bits per heavy atom. The number of para-hydroxylation sites is 1. The van der Waals surface area contributed by atoms with Crippen LogP contribution in [0.2, 0.25) is 0 Å². The van der Waals surface area contributed by atoms with E-state index in [2.05, 4.69) is 10.1 Å². The van der Waals surface area contributed by atoms with Crippen LogP contribution in [0.3, 0.4) is 0 Å². The molecule has 1 aromatic carbocycles. The van der Waals surface area contributed by atoms with Crippen LogP contribution in [0.15, 0.2) is 24.3 Å². The monoisotopic (exact) mass is 250 g/mol. The number of anilines is 1. The average molecular weight is 250 g/mol. The van der Waals surface area contributed by atoms with Gasteiger partial charge in [-0.3, -0.25) is 4.79 Å². The number of amides is 1. The van der Waals surface area contributed by atoms with E-state index in [1.54, 1.807) is 24.3 Å². The third-order valence-electron chi connectivity index (χ3n) is 2.74. The summed E-state index contributed by atoms with van der Waals surface area (Å²) in [7, 11) is 1.30. The molecule has 0 aliphatic carbocycles. The molecule has 1 unspecified atom stereocenters. The van der Waals surface area contributed by atoms with E-state index in [4.69, 9.17) is 5.73 Å². The predicted molar refractivity (Wildman–Crippen MR) is 69.2 cm³/mol. The molecule has 5 nitrogen and oxygen atoms in total. The second-order valence-corrected chi connectivity index (χ2v) is 3.87. The standard InChI is InChI=1S/C13H18N2O3/c1-3-9(8-14)12(16)15-11-7-5-4-6-10(11)13(17)18-2/h4-7,9H,3,8,14H2,1-2H3,(H,15,16). The topological polar surface area (TPSA) is 81.4 Å². The first kappa shape index (κ1) is 14.2. The average Bonchev–Trinajstić information content (AvgIpc) is 2.40. The number of carbonyl (C=O) groups excluding carboxylic acids is 2. The molecule has 3 N–H and O–H groups in total. The molecule has 98 valence electrons. The van der Waals surface area contributed by atoms with Crippen LogP contribution in [0.5, 0.6) is 0 Å². The van der Waals surface area contributed by atoms with E-state index in [9.17, 15) is 9.59 Å². The zero-order valence-corrected chi connectivity index (χ0v) is 10.6. The highest BCUT2D eigenvalue weighted by atomic mass is 16.5. The van der Waals surface area contributed by atoms with Gasteiger partial charge in [-0.15, -0.1) is 0 Å². The van der Waals surface area contributed by atoms with Crippen molar-refractivity contribution in [3.8, 4) is 0 Å². The van der Waals surface area contributed by atoms with Gasteiger partial charge in [0.05, 0.1) is 24.3 Å². The Kier molecular flexibility index (Phi) is 5.32. The SMILES string of the molecule is CCC(CN)C(=O)Nc1ccccc1C(=O)OC. The number of nitrogens with one attached hydrogen (secondary N) is 1. The molecule has 1 rings (SSSR count). The highest BCUT2D eigenvalue weighted by Gasteiger charge is 2.18. The van der Waals surface area contributed by atoms with Crippen molar-refractivity contribution in [3.63, 3.8) is 0 Å². The molecule has 0 heterocycles. The molecular formula is C13H18N2O3. The maximum absolute atomic E-state index is 11.9. The van der Waals surface area contributed by atoms with E-state index < -0.39 is 5.97 Å². The van der Waals surface area contributed by atoms with Crippen molar-refractivity contribution in [2.75, 3.05) is 19.0 Å². The van der Waals surface area contributed by atoms with Gasteiger partial charge in [0.25, 0.3) is 0 Å². The Labute approximate surface area is 106 Å². The van der Waals surface area contributed by atoms with Crippen molar-refractivity contribution in [3.05, 3.63) is 29.8 Å². The van der Waals surface area contributed by atoms with Crippen LogP contribution in [-0.2, 0) is 9.53 Å². The smallest absolute Gasteiger partial charge is 0.339 e. The highest BCUT2D eigenvalue weighted by Crippen LogP contribution is 2.17. The lowest BCUT2D eigenvalue weighted by Gasteiger charge is -2.14. The minimum atomic E-state index is -0.480. The lowest BCUT2D eigenvalue weighted by atomic mass is 10.1. The first-order valence-corrected chi connectivity index (χ1v) is 5.82. The molecule has 0 saturated carbocycles. The molecule has 1 aromatic rings. The van der Waals surface area contributed by atoms with Crippen LogP contribution < -0.4 is 11.1 Å². The van der Waals surface area contributed by atoms with Crippen LogP contribution in [0.4, 0.5) is 5.69 Å². The van der Waals surface area contributed by atoms with Gasteiger partial charge in [0, 0.05) is 6.54 Å².